The number of likely N-dealkylation sites (N-methyl/N-ethyl adjacent to an activating group) is 1. The van der Waals surface area contributed by atoms with Crippen LogP contribution in [-0.4, -0.2) is 23.8 Å². The number of fused-ring (bicyclic) bond motifs is 1. The first kappa shape index (κ1) is 15.5. The largest absolute Gasteiger partial charge is 0.465 e. The third-order valence-electron chi connectivity index (χ3n) is 3.83. The smallest absolute Gasteiger partial charge is 0.263 e. The van der Waals surface area contributed by atoms with E-state index in [1.165, 1.54) is 29.4 Å². The number of nitrogens with zero attached hydrogens (tertiary/aromatic N) is 1. The number of carbonyl (C=O) groups is 2. The minimum atomic E-state index is -1.90. The van der Waals surface area contributed by atoms with Crippen LogP contribution in [0, 0.1) is 0 Å². The lowest BCUT2D eigenvalue weighted by Crippen LogP contribution is -2.40. The summed E-state index contributed by atoms with van der Waals surface area (Å²) >= 11 is 5.96. The summed E-state index contributed by atoms with van der Waals surface area (Å²) in [6.07, 6.45) is 3.91. The highest BCUT2D eigenvalue weighted by atomic mass is 35.5. The summed E-state index contributed by atoms with van der Waals surface area (Å²) in [7, 11) is 1.55. The van der Waals surface area contributed by atoms with E-state index in [9.17, 15) is 14.7 Å². The Bertz CT molecular complexity index is 797. The molecule has 1 amide bonds. The molecule has 0 aliphatic carbocycles. The molecule has 118 valence electrons. The topological polar surface area (TPSA) is 70.8 Å². The van der Waals surface area contributed by atoms with Crippen molar-refractivity contribution >= 4 is 35.1 Å². The maximum Gasteiger partial charge on any atom is 0.263 e. The Morgan fingerprint density at radius 1 is 1.43 bits per heavy atom. The van der Waals surface area contributed by atoms with Crippen molar-refractivity contribution in [3.8, 4) is 0 Å². The molecule has 1 atom stereocenters. The molecule has 1 aliphatic rings. The van der Waals surface area contributed by atoms with Gasteiger partial charge in [-0.3, -0.25) is 9.59 Å². The molecule has 3 rings (SSSR count). The molecule has 1 aliphatic heterocycles. The predicted molar refractivity (Wildman–Crippen MR) is 86.1 cm³/mol. The van der Waals surface area contributed by atoms with E-state index < -0.39 is 17.3 Å². The van der Waals surface area contributed by atoms with Gasteiger partial charge in [0.05, 0.1) is 18.4 Å². The highest BCUT2D eigenvalue weighted by Crippen LogP contribution is 2.42. The summed E-state index contributed by atoms with van der Waals surface area (Å²) in [6, 6.07) is 8.19. The van der Waals surface area contributed by atoms with E-state index in [0.717, 1.165) is 0 Å². The van der Waals surface area contributed by atoms with Crippen LogP contribution >= 0.6 is 11.6 Å². The van der Waals surface area contributed by atoms with Gasteiger partial charge in [0.2, 0.25) is 0 Å². The zero-order valence-electron chi connectivity index (χ0n) is 12.3. The molecule has 0 unspecified atom stereocenters. The van der Waals surface area contributed by atoms with Gasteiger partial charge in [0.1, 0.15) is 5.76 Å². The predicted octanol–water partition coefficient (Wildman–Crippen LogP) is 2.77. The average Bonchev–Trinajstić information content (AvgIpc) is 3.09. The van der Waals surface area contributed by atoms with Crippen LogP contribution in [0.2, 0.25) is 5.02 Å². The third kappa shape index (κ3) is 2.69. The van der Waals surface area contributed by atoms with Gasteiger partial charge >= 0.3 is 0 Å². The Morgan fingerprint density at radius 3 is 2.91 bits per heavy atom. The number of halogens is 1. The summed E-state index contributed by atoms with van der Waals surface area (Å²) in [5.74, 6) is -0.420. The van der Waals surface area contributed by atoms with Gasteiger partial charge in [0.25, 0.3) is 5.91 Å². The van der Waals surface area contributed by atoms with Crippen LogP contribution in [0.3, 0.4) is 0 Å². The van der Waals surface area contributed by atoms with Crippen molar-refractivity contribution in [3.05, 3.63) is 59.0 Å². The number of benzene rings is 1. The standard InChI is InChI=1S/C17H14ClNO4/c1-19-15-7-4-11(18)9-14(15)17(22,16(19)21)10-12(20)5-6-13-3-2-8-23-13/h2-9,22H,10H2,1H3/b6-5+/t17-/m0/s1. The maximum atomic E-state index is 12.4. The fraction of sp³-hybridized carbons (Fsp3) is 0.176. The first-order valence-corrected chi connectivity index (χ1v) is 7.34. The molecular formula is C17H14ClNO4. The van der Waals surface area contributed by atoms with Crippen LogP contribution in [0.5, 0.6) is 0 Å². The lowest BCUT2D eigenvalue weighted by molar-refractivity contribution is -0.140. The Balaban J connectivity index is 1.88. The number of amides is 1. The van der Waals surface area contributed by atoms with E-state index in [0.29, 0.717) is 22.0 Å². The zero-order chi connectivity index (χ0) is 16.6. The number of anilines is 1. The van der Waals surface area contributed by atoms with E-state index in [2.05, 4.69) is 0 Å². The fourth-order valence-electron chi connectivity index (χ4n) is 2.68. The van der Waals surface area contributed by atoms with Crippen LogP contribution in [0.4, 0.5) is 5.69 Å². The molecule has 0 bridgehead atoms. The van der Waals surface area contributed by atoms with Gasteiger partial charge in [-0.15, -0.1) is 0 Å². The fourth-order valence-corrected chi connectivity index (χ4v) is 2.85. The molecule has 1 N–H and O–H groups in total. The summed E-state index contributed by atoms with van der Waals surface area (Å²) < 4.78 is 5.10. The minimum Gasteiger partial charge on any atom is -0.465 e. The van der Waals surface area contributed by atoms with Crippen LogP contribution in [0.25, 0.3) is 6.08 Å². The number of ketones is 1. The molecule has 5 nitrogen and oxygen atoms in total. The summed E-state index contributed by atoms with van der Waals surface area (Å²) in [4.78, 5) is 25.9. The summed E-state index contributed by atoms with van der Waals surface area (Å²) in [5.41, 5.74) is -1.01. The van der Waals surface area contributed by atoms with Crippen LogP contribution in [0.15, 0.2) is 47.1 Å². The molecule has 0 radical (unpaired) electrons. The van der Waals surface area contributed by atoms with Gasteiger partial charge in [-0.2, -0.15) is 0 Å². The molecule has 0 spiro atoms. The Kier molecular flexibility index (Phi) is 3.83. The number of hydrogen-bond acceptors (Lipinski definition) is 4. The van der Waals surface area contributed by atoms with Gasteiger partial charge in [-0.05, 0) is 42.5 Å². The monoisotopic (exact) mass is 331 g/mol. The van der Waals surface area contributed by atoms with Crippen LogP contribution in [-0.2, 0) is 15.2 Å². The van der Waals surface area contributed by atoms with Gasteiger partial charge in [-0.25, -0.2) is 0 Å². The number of carbonyl (C=O) groups excluding carboxylic acids is 2. The second-order valence-corrected chi connectivity index (χ2v) is 5.81. The number of allylic oxidation sites excluding steroid dienone is 1. The van der Waals surface area contributed by atoms with Crippen molar-refractivity contribution in [1.29, 1.82) is 0 Å². The first-order chi connectivity index (χ1) is 10.9. The van der Waals surface area contributed by atoms with Crippen molar-refractivity contribution in [1.82, 2.24) is 0 Å². The zero-order valence-corrected chi connectivity index (χ0v) is 13.1. The second kappa shape index (κ2) is 5.68. The van der Waals surface area contributed by atoms with Crippen molar-refractivity contribution in [2.75, 3.05) is 11.9 Å². The SMILES string of the molecule is CN1C(=O)[C@](O)(CC(=O)/C=C/c2ccco2)c2cc(Cl)ccc21. The van der Waals surface area contributed by atoms with Crippen molar-refractivity contribution in [3.63, 3.8) is 0 Å². The van der Waals surface area contributed by atoms with E-state index >= 15 is 0 Å². The Labute approximate surface area is 137 Å². The van der Waals surface area contributed by atoms with E-state index in [-0.39, 0.29) is 6.42 Å². The van der Waals surface area contributed by atoms with Crippen LogP contribution < -0.4 is 4.90 Å². The number of rotatable bonds is 4. The van der Waals surface area contributed by atoms with E-state index in [1.807, 2.05) is 0 Å². The molecule has 0 saturated heterocycles. The Hall–Kier alpha value is -2.37. The molecule has 0 saturated carbocycles. The third-order valence-corrected chi connectivity index (χ3v) is 4.07. The molecule has 2 heterocycles. The molecule has 0 fully saturated rings. The van der Waals surface area contributed by atoms with Crippen molar-refractivity contribution in [2.24, 2.45) is 0 Å². The quantitative estimate of drug-likeness (QED) is 0.874. The number of aliphatic hydroxyl groups is 1. The van der Waals surface area contributed by atoms with Gasteiger partial charge in [0, 0.05) is 17.6 Å². The molecule has 23 heavy (non-hydrogen) atoms. The molecule has 1 aromatic carbocycles. The second-order valence-electron chi connectivity index (χ2n) is 5.38. The number of furan rings is 1. The van der Waals surface area contributed by atoms with Crippen LogP contribution in [0.1, 0.15) is 17.7 Å². The van der Waals surface area contributed by atoms with E-state index in [4.69, 9.17) is 16.0 Å². The highest BCUT2D eigenvalue weighted by Gasteiger charge is 2.49. The lowest BCUT2D eigenvalue weighted by Gasteiger charge is -2.20. The van der Waals surface area contributed by atoms with E-state index in [1.54, 1.807) is 31.3 Å². The van der Waals surface area contributed by atoms with Gasteiger partial charge in [0.15, 0.2) is 11.4 Å². The first-order valence-electron chi connectivity index (χ1n) is 6.97. The average molecular weight is 332 g/mol. The van der Waals surface area contributed by atoms with Gasteiger partial charge in [-0.1, -0.05) is 11.6 Å². The summed E-state index contributed by atoms with van der Waals surface area (Å²) in [5, 5.41) is 11.2. The number of hydrogen-bond donors (Lipinski definition) is 1. The normalized spacial score (nSPS) is 20.3. The molecule has 2 aromatic rings. The lowest BCUT2D eigenvalue weighted by atomic mass is 9.90. The van der Waals surface area contributed by atoms with Crippen molar-refractivity contribution < 1.29 is 19.1 Å². The van der Waals surface area contributed by atoms with Crippen molar-refractivity contribution in [2.45, 2.75) is 12.0 Å². The molecule has 6 heteroatoms. The molecular weight excluding hydrogens is 318 g/mol. The summed E-state index contributed by atoms with van der Waals surface area (Å²) in [6.45, 7) is 0. The minimum absolute atomic E-state index is 0.345. The van der Waals surface area contributed by atoms with Gasteiger partial charge < -0.3 is 14.4 Å². The maximum absolute atomic E-state index is 12.4. The Morgan fingerprint density at radius 2 is 2.22 bits per heavy atom. The molecule has 1 aromatic heterocycles. The highest BCUT2D eigenvalue weighted by molar-refractivity contribution is 6.31.